The SMILES string of the molecule is c1ccc2c(-n3c4ccccc4c4c5c(ccc43)ccc3c5c4cccc5c6ccccc6n3c54)cccc2c1. The highest BCUT2D eigenvalue weighted by Gasteiger charge is 2.22. The minimum Gasteiger partial charge on any atom is -0.309 e. The molecule has 10 aromatic rings. The van der Waals surface area contributed by atoms with E-state index in [2.05, 4.69) is 142 Å². The van der Waals surface area contributed by atoms with Gasteiger partial charge in [0.15, 0.2) is 0 Å². The van der Waals surface area contributed by atoms with E-state index in [1.807, 2.05) is 0 Å². The smallest absolute Gasteiger partial charge is 0.0620 e. The van der Waals surface area contributed by atoms with Gasteiger partial charge in [-0.2, -0.15) is 0 Å². The molecule has 2 nitrogen and oxygen atoms in total. The fourth-order valence-corrected chi connectivity index (χ4v) is 7.46. The van der Waals surface area contributed by atoms with Crippen LogP contribution in [-0.2, 0) is 0 Å². The van der Waals surface area contributed by atoms with E-state index in [9.17, 15) is 0 Å². The van der Waals surface area contributed by atoms with Crippen LogP contribution >= 0.6 is 0 Å². The number of nitrogens with zero attached hydrogens (tertiary/aromatic N) is 2. The average molecular weight is 507 g/mol. The number of para-hydroxylation sites is 3. The molecule has 10 rings (SSSR count). The molecule has 0 spiro atoms. The van der Waals surface area contributed by atoms with Gasteiger partial charge in [0, 0.05) is 43.1 Å². The van der Waals surface area contributed by atoms with Gasteiger partial charge in [-0.15, -0.1) is 0 Å². The Bertz CT molecular complexity index is 2640. The molecule has 7 aromatic carbocycles. The summed E-state index contributed by atoms with van der Waals surface area (Å²) in [5.41, 5.74) is 7.56. The summed E-state index contributed by atoms with van der Waals surface area (Å²) in [6.45, 7) is 0. The molecular formula is C38H22N2. The van der Waals surface area contributed by atoms with Gasteiger partial charge >= 0.3 is 0 Å². The summed E-state index contributed by atoms with van der Waals surface area (Å²) in [6, 6.07) is 49.1. The van der Waals surface area contributed by atoms with Gasteiger partial charge in [-0.3, -0.25) is 0 Å². The van der Waals surface area contributed by atoms with Crippen molar-refractivity contribution in [3.05, 3.63) is 133 Å². The molecule has 184 valence electrons. The van der Waals surface area contributed by atoms with Crippen molar-refractivity contribution in [2.24, 2.45) is 0 Å². The van der Waals surface area contributed by atoms with Crippen molar-refractivity contribution in [2.45, 2.75) is 0 Å². The van der Waals surface area contributed by atoms with Crippen LogP contribution in [0.1, 0.15) is 0 Å². The van der Waals surface area contributed by atoms with Crippen LogP contribution in [0.25, 0.3) is 87.1 Å². The van der Waals surface area contributed by atoms with Gasteiger partial charge < -0.3 is 8.97 Å². The van der Waals surface area contributed by atoms with Gasteiger partial charge in [-0.25, -0.2) is 0 Å². The van der Waals surface area contributed by atoms with E-state index in [0.717, 1.165) is 0 Å². The Hall–Kier alpha value is -5.34. The van der Waals surface area contributed by atoms with Gasteiger partial charge in [-0.1, -0.05) is 103 Å². The first-order chi connectivity index (χ1) is 19.9. The summed E-state index contributed by atoms with van der Waals surface area (Å²) < 4.78 is 4.95. The molecule has 2 heteroatoms. The molecule has 3 heterocycles. The Balaban J connectivity index is 1.48. The third-order valence-corrected chi connectivity index (χ3v) is 9.01. The van der Waals surface area contributed by atoms with Crippen molar-refractivity contribution < 1.29 is 0 Å². The van der Waals surface area contributed by atoms with Crippen LogP contribution in [0.4, 0.5) is 0 Å². The van der Waals surface area contributed by atoms with E-state index in [-0.39, 0.29) is 0 Å². The molecule has 3 aromatic heterocycles. The van der Waals surface area contributed by atoms with Crippen LogP contribution in [0.5, 0.6) is 0 Å². The highest BCUT2D eigenvalue weighted by molar-refractivity contribution is 6.35. The highest BCUT2D eigenvalue weighted by atomic mass is 15.0. The maximum absolute atomic E-state index is 2.48. The zero-order chi connectivity index (χ0) is 25.9. The van der Waals surface area contributed by atoms with Crippen LogP contribution in [0.3, 0.4) is 0 Å². The Labute approximate surface area is 229 Å². The number of hydrogen-bond donors (Lipinski definition) is 0. The summed E-state index contributed by atoms with van der Waals surface area (Å²) in [5, 5.41) is 13.1. The van der Waals surface area contributed by atoms with E-state index in [1.165, 1.54) is 87.1 Å². The summed E-state index contributed by atoms with van der Waals surface area (Å²) in [7, 11) is 0. The maximum atomic E-state index is 2.48. The molecule has 0 fully saturated rings. The van der Waals surface area contributed by atoms with Crippen LogP contribution in [0.15, 0.2) is 133 Å². The van der Waals surface area contributed by atoms with Crippen molar-refractivity contribution in [1.29, 1.82) is 0 Å². The van der Waals surface area contributed by atoms with Crippen molar-refractivity contribution >= 4 is 81.4 Å². The molecule has 0 unspecified atom stereocenters. The third-order valence-electron chi connectivity index (χ3n) is 9.01. The van der Waals surface area contributed by atoms with E-state index < -0.39 is 0 Å². The number of fused-ring (bicyclic) bond motifs is 13. The van der Waals surface area contributed by atoms with E-state index >= 15 is 0 Å². The van der Waals surface area contributed by atoms with Gasteiger partial charge in [0.25, 0.3) is 0 Å². The monoisotopic (exact) mass is 506 g/mol. The van der Waals surface area contributed by atoms with Gasteiger partial charge in [-0.05, 0) is 41.1 Å². The van der Waals surface area contributed by atoms with Crippen molar-refractivity contribution in [3.8, 4) is 5.69 Å². The summed E-state index contributed by atoms with van der Waals surface area (Å²) in [6.07, 6.45) is 0. The first kappa shape index (κ1) is 20.6. The first-order valence-electron chi connectivity index (χ1n) is 13.9. The third kappa shape index (κ3) is 2.36. The standard InChI is InChI=1S/C38H22N2/c1-2-11-25-23(9-1)10-7-18-30(25)39-32-17-6-4-13-28(32)36-33(39)21-19-24-20-22-34-37(35(24)36)29-15-8-14-27-26-12-3-5-16-31(26)40(34)38(27)29/h1-22H. The lowest BCUT2D eigenvalue weighted by Crippen LogP contribution is -1.95. The first-order valence-corrected chi connectivity index (χ1v) is 13.9. The van der Waals surface area contributed by atoms with Gasteiger partial charge in [0.05, 0.1) is 33.3 Å². The highest BCUT2D eigenvalue weighted by Crippen LogP contribution is 2.45. The summed E-state index contributed by atoms with van der Waals surface area (Å²) >= 11 is 0. The topological polar surface area (TPSA) is 9.34 Å². The number of benzene rings is 7. The molecule has 0 aliphatic carbocycles. The minimum atomic E-state index is 1.22. The van der Waals surface area contributed by atoms with Crippen molar-refractivity contribution in [2.75, 3.05) is 0 Å². The molecule has 0 bridgehead atoms. The lowest BCUT2D eigenvalue weighted by Gasteiger charge is -2.12. The quantitative estimate of drug-likeness (QED) is 0.209. The van der Waals surface area contributed by atoms with E-state index in [1.54, 1.807) is 0 Å². The Morgan fingerprint density at radius 1 is 0.325 bits per heavy atom. The predicted molar refractivity (Wildman–Crippen MR) is 170 cm³/mol. The minimum absolute atomic E-state index is 1.22. The lowest BCUT2D eigenvalue weighted by atomic mass is 9.98. The Morgan fingerprint density at radius 3 is 1.85 bits per heavy atom. The van der Waals surface area contributed by atoms with Crippen LogP contribution in [-0.4, -0.2) is 8.97 Å². The van der Waals surface area contributed by atoms with Crippen LogP contribution in [0.2, 0.25) is 0 Å². The fourth-order valence-electron chi connectivity index (χ4n) is 7.46. The largest absolute Gasteiger partial charge is 0.309 e. The second-order valence-electron chi connectivity index (χ2n) is 10.9. The van der Waals surface area contributed by atoms with Crippen LogP contribution in [0, 0.1) is 0 Å². The molecule has 0 atom stereocenters. The Morgan fingerprint density at radius 2 is 0.950 bits per heavy atom. The molecule has 0 radical (unpaired) electrons. The molecule has 0 aliphatic rings. The molecule has 40 heavy (non-hydrogen) atoms. The number of hydrogen-bond acceptors (Lipinski definition) is 0. The van der Waals surface area contributed by atoms with Gasteiger partial charge in [0.1, 0.15) is 0 Å². The lowest BCUT2D eigenvalue weighted by molar-refractivity contribution is 1.20. The van der Waals surface area contributed by atoms with E-state index in [0.29, 0.717) is 0 Å². The second-order valence-corrected chi connectivity index (χ2v) is 10.9. The summed E-state index contributed by atoms with van der Waals surface area (Å²) in [4.78, 5) is 0. The van der Waals surface area contributed by atoms with Crippen LogP contribution < -0.4 is 0 Å². The summed E-state index contributed by atoms with van der Waals surface area (Å²) in [5.74, 6) is 0. The molecule has 0 N–H and O–H groups in total. The van der Waals surface area contributed by atoms with Crippen molar-refractivity contribution in [3.63, 3.8) is 0 Å². The van der Waals surface area contributed by atoms with Crippen molar-refractivity contribution in [1.82, 2.24) is 8.97 Å². The maximum Gasteiger partial charge on any atom is 0.0620 e. The van der Waals surface area contributed by atoms with Gasteiger partial charge in [0.2, 0.25) is 0 Å². The molecule has 0 amide bonds. The molecule has 0 saturated carbocycles. The molecule has 0 saturated heterocycles. The van der Waals surface area contributed by atoms with E-state index in [4.69, 9.17) is 0 Å². The number of rotatable bonds is 1. The number of aromatic nitrogens is 2. The Kier molecular flexibility index (Phi) is 3.70. The average Bonchev–Trinajstić information content (AvgIpc) is 3.66. The zero-order valence-corrected chi connectivity index (χ0v) is 21.6. The zero-order valence-electron chi connectivity index (χ0n) is 21.6. The fraction of sp³-hybridized carbons (Fsp3) is 0. The predicted octanol–water partition coefficient (Wildman–Crippen LogP) is 10.2. The molecule has 0 aliphatic heterocycles. The molecular weight excluding hydrogens is 484 g/mol. The second kappa shape index (κ2) is 7.19. The normalized spacial score (nSPS) is 12.5.